The summed E-state index contributed by atoms with van der Waals surface area (Å²) in [5.41, 5.74) is 0. The van der Waals surface area contributed by atoms with E-state index in [0.29, 0.717) is 18.4 Å². The molecule has 0 bridgehead atoms. The third-order valence-corrected chi connectivity index (χ3v) is 1.73. The van der Waals surface area contributed by atoms with Gasteiger partial charge in [0.2, 0.25) is 5.88 Å². The minimum absolute atomic E-state index is 0.499. The van der Waals surface area contributed by atoms with E-state index in [1.54, 1.807) is 12.4 Å². The Morgan fingerprint density at radius 3 is 2.87 bits per heavy atom. The van der Waals surface area contributed by atoms with Crippen molar-refractivity contribution in [1.82, 2.24) is 9.97 Å². The lowest BCUT2D eigenvalue weighted by Gasteiger charge is -2.08. The van der Waals surface area contributed by atoms with Gasteiger partial charge in [0.25, 0.3) is 0 Å². The average Bonchev–Trinajstić information content (AvgIpc) is 2.24. The molecule has 15 heavy (non-hydrogen) atoms. The lowest BCUT2D eigenvalue weighted by molar-refractivity contribution is 0.260. The van der Waals surface area contributed by atoms with Crippen LogP contribution in [0.4, 0.5) is 5.82 Å². The van der Waals surface area contributed by atoms with E-state index in [-0.39, 0.29) is 0 Å². The maximum Gasteiger partial charge on any atom is 0.234 e. The largest absolute Gasteiger partial charge is 0.476 e. The van der Waals surface area contributed by atoms with Gasteiger partial charge in [0.1, 0.15) is 5.82 Å². The number of ether oxygens (including phenoxy) is 1. The molecular weight excluding hydrogens is 190 g/mol. The number of hydrogen-bond donors (Lipinski definition) is 1. The van der Waals surface area contributed by atoms with Crippen molar-refractivity contribution in [3.63, 3.8) is 0 Å². The molecule has 84 valence electrons. The second kappa shape index (κ2) is 6.22. The molecule has 0 saturated carbocycles. The Bertz CT molecular complexity index is 289. The number of hydrogen-bond acceptors (Lipinski definition) is 4. The van der Waals surface area contributed by atoms with E-state index < -0.39 is 0 Å². The first-order valence-corrected chi connectivity index (χ1v) is 5.41. The van der Waals surface area contributed by atoms with Gasteiger partial charge in [-0.3, -0.25) is 4.98 Å². The van der Waals surface area contributed by atoms with Crippen LogP contribution < -0.4 is 10.1 Å². The van der Waals surface area contributed by atoms with Gasteiger partial charge in [-0.05, 0) is 12.3 Å². The van der Waals surface area contributed by atoms with Crippen molar-refractivity contribution in [1.29, 1.82) is 0 Å². The molecule has 0 amide bonds. The van der Waals surface area contributed by atoms with Crippen molar-refractivity contribution in [3.05, 3.63) is 12.4 Å². The summed E-state index contributed by atoms with van der Waals surface area (Å²) < 4.78 is 5.47. The van der Waals surface area contributed by atoms with Gasteiger partial charge in [-0.2, -0.15) is 4.98 Å². The predicted molar refractivity (Wildman–Crippen MR) is 61.1 cm³/mol. The van der Waals surface area contributed by atoms with Gasteiger partial charge in [-0.15, -0.1) is 0 Å². The first kappa shape index (κ1) is 11.8. The second-order valence-electron chi connectivity index (χ2n) is 3.87. The molecule has 0 spiro atoms. The molecule has 0 atom stereocenters. The molecule has 0 fully saturated rings. The molecule has 0 aliphatic rings. The summed E-state index contributed by atoms with van der Waals surface area (Å²) in [6.45, 7) is 7.90. The molecule has 1 aromatic heterocycles. The molecule has 0 aliphatic heterocycles. The number of aromatic nitrogens is 2. The third-order valence-electron chi connectivity index (χ3n) is 1.73. The molecule has 0 aliphatic carbocycles. The fraction of sp³-hybridized carbons (Fsp3) is 0.636. The molecule has 0 radical (unpaired) electrons. The Morgan fingerprint density at radius 2 is 2.20 bits per heavy atom. The van der Waals surface area contributed by atoms with Crippen LogP contribution >= 0.6 is 0 Å². The average molecular weight is 209 g/mol. The van der Waals surface area contributed by atoms with Crippen LogP contribution in [0.1, 0.15) is 27.2 Å². The maximum absolute atomic E-state index is 5.47. The Labute approximate surface area is 91.1 Å². The van der Waals surface area contributed by atoms with Gasteiger partial charge in [0.05, 0.1) is 19.0 Å². The molecule has 4 heteroatoms. The van der Waals surface area contributed by atoms with Crippen LogP contribution in [0.3, 0.4) is 0 Å². The van der Waals surface area contributed by atoms with E-state index >= 15 is 0 Å². The summed E-state index contributed by atoms with van der Waals surface area (Å²) in [6.07, 6.45) is 4.41. The SMILES string of the molecule is CCCNc1cncc(OCC(C)C)n1. The number of rotatable bonds is 6. The summed E-state index contributed by atoms with van der Waals surface area (Å²) >= 11 is 0. The Kier molecular flexibility index (Phi) is 4.87. The minimum atomic E-state index is 0.499. The fourth-order valence-electron chi connectivity index (χ4n) is 1.01. The van der Waals surface area contributed by atoms with Crippen molar-refractivity contribution in [2.45, 2.75) is 27.2 Å². The van der Waals surface area contributed by atoms with E-state index in [0.717, 1.165) is 18.8 Å². The molecule has 4 nitrogen and oxygen atoms in total. The van der Waals surface area contributed by atoms with Crippen LogP contribution in [-0.2, 0) is 0 Å². The second-order valence-corrected chi connectivity index (χ2v) is 3.87. The molecular formula is C11H19N3O. The highest BCUT2D eigenvalue weighted by atomic mass is 16.5. The summed E-state index contributed by atoms with van der Waals surface area (Å²) in [5.74, 6) is 1.86. The molecule has 1 N–H and O–H groups in total. The Balaban J connectivity index is 2.50. The molecule has 1 heterocycles. The highest BCUT2D eigenvalue weighted by Crippen LogP contribution is 2.09. The van der Waals surface area contributed by atoms with E-state index in [1.165, 1.54) is 0 Å². The zero-order valence-electron chi connectivity index (χ0n) is 9.66. The fourth-order valence-corrected chi connectivity index (χ4v) is 1.01. The van der Waals surface area contributed by atoms with E-state index in [2.05, 4.69) is 36.1 Å². The van der Waals surface area contributed by atoms with Gasteiger partial charge in [-0.25, -0.2) is 0 Å². The Hall–Kier alpha value is -1.32. The number of nitrogens with zero attached hydrogens (tertiary/aromatic N) is 2. The van der Waals surface area contributed by atoms with Crippen LogP contribution in [0.15, 0.2) is 12.4 Å². The van der Waals surface area contributed by atoms with Crippen molar-refractivity contribution in [2.75, 3.05) is 18.5 Å². The summed E-state index contributed by atoms with van der Waals surface area (Å²) in [6, 6.07) is 0. The summed E-state index contributed by atoms with van der Waals surface area (Å²) in [5, 5.41) is 3.17. The molecule has 1 aromatic rings. The van der Waals surface area contributed by atoms with Gasteiger partial charge < -0.3 is 10.1 Å². The monoisotopic (exact) mass is 209 g/mol. The lowest BCUT2D eigenvalue weighted by atomic mass is 10.2. The van der Waals surface area contributed by atoms with Crippen molar-refractivity contribution in [3.8, 4) is 5.88 Å². The third kappa shape index (κ3) is 4.63. The van der Waals surface area contributed by atoms with Crippen LogP contribution in [0.2, 0.25) is 0 Å². The highest BCUT2D eigenvalue weighted by molar-refractivity contribution is 5.32. The van der Waals surface area contributed by atoms with Crippen LogP contribution in [0, 0.1) is 5.92 Å². The maximum atomic E-state index is 5.47. The van der Waals surface area contributed by atoms with Gasteiger partial charge >= 0.3 is 0 Å². The van der Waals surface area contributed by atoms with Crippen molar-refractivity contribution in [2.24, 2.45) is 5.92 Å². The topological polar surface area (TPSA) is 47.0 Å². The van der Waals surface area contributed by atoms with Crippen LogP contribution in [-0.4, -0.2) is 23.1 Å². The number of anilines is 1. The highest BCUT2D eigenvalue weighted by Gasteiger charge is 2.00. The van der Waals surface area contributed by atoms with Gasteiger partial charge in [0, 0.05) is 6.54 Å². The lowest BCUT2D eigenvalue weighted by Crippen LogP contribution is -2.08. The molecule has 0 saturated heterocycles. The van der Waals surface area contributed by atoms with Gasteiger partial charge in [-0.1, -0.05) is 20.8 Å². The first-order valence-electron chi connectivity index (χ1n) is 5.41. The van der Waals surface area contributed by atoms with Crippen molar-refractivity contribution >= 4 is 5.82 Å². The van der Waals surface area contributed by atoms with E-state index in [9.17, 15) is 0 Å². The van der Waals surface area contributed by atoms with Crippen LogP contribution in [0.25, 0.3) is 0 Å². The summed E-state index contributed by atoms with van der Waals surface area (Å²) in [4.78, 5) is 8.35. The van der Waals surface area contributed by atoms with Gasteiger partial charge in [0.15, 0.2) is 0 Å². The Morgan fingerprint density at radius 1 is 1.40 bits per heavy atom. The smallest absolute Gasteiger partial charge is 0.234 e. The quantitative estimate of drug-likeness (QED) is 0.781. The zero-order chi connectivity index (χ0) is 11.1. The first-order chi connectivity index (χ1) is 7.22. The normalized spacial score (nSPS) is 10.4. The molecule has 0 aromatic carbocycles. The number of nitrogens with one attached hydrogen (secondary N) is 1. The summed E-state index contributed by atoms with van der Waals surface area (Å²) in [7, 11) is 0. The molecule has 0 unspecified atom stereocenters. The van der Waals surface area contributed by atoms with Crippen molar-refractivity contribution < 1.29 is 4.74 Å². The standard InChI is InChI=1S/C11H19N3O/c1-4-5-13-10-6-12-7-11(14-10)15-8-9(2)3/h6-7,9H,4-5,8H2,1-3H3,(H,13,14). The van der Waals surface area contributed by atoms with E-state index in [4.69, 9.17) is 4.74 Å². The van der Waals surface area contributed by atoms with Crippen LogP contribution in [0.5, 0.6) is 5.88 Å². The minimum Gasteiger partial charge on any atom is -0.476 e. The zero-order valence-corrected chi connectivity index (χ0v) is 9.66. The predicted octanol–water partition coefficient (Wildman–Crippen LogP) is 2.33. The molecule has 1 rings (SSSR count). The van der Waals surface area contributed by atoms with E-state index in [1.807, 2.05) is 0 Å².